The van der Waals surface area contributed by atoms with E-state index in [1.165, 1.54) is 16.1 Å². The lowest BCUT2D eigenvalue weighted by Crippen LogP contribution is -2.53. The maximum absolute atomic E-state index is 12.5. The summed E-state index contributed by atoms with van der Waals surface area (Å²) >= 11 is 0. The third-order valence-corrected chi connectivity index (χ3v) is 6.94. The van der Waals surface area contributed by atoms with Crippen molar-refractivity contribution in [2.75, 3.05) is 26.2 Å². The Hall–Kier alpha value is -1.74. The first-order valence-corrected chi connectivity index (χ1v) is 10.0. The molecule has 1 aromatic carbocycles. The van der Waals surface area contributed by atoms with Crippen LogP contribution in [0.3, 0.4) is 0 Å². The van der Waals surface area contributed by atoms with Crippen LogP contribution in [-0.2, 0) is 22.2 Å². The molecular weight excluding hydrogens is 342 g/mol. The van der Waals surface area contributed by atoms with Crippen molar-refractivity contribution in [3.05, 3.63) is 53.4 Å². The first-order valence-electron chi connectivity index (χ1n) is 8.41. The van der Waals surface area contributed by atoms with E-state index in [0.717, 1.165) is 12.0 Å². The fourth-order valence-electron chi connectivity index (χ4n) is 3.79. The summed E-state index contributed by atoms with van der Waals surface area (Å²) in [5, 5.41) is 14.3. The maximum atomic E-state index is 12.5. The van der Waals surface area contributed by atoms with Crippen LogP contribution in [0.2, 0.25) is 0 Å². The van der Waals surface area contributed by atoms with Crippen LogP contribution in [0.25, 0.3) is 0 Å². The summed E-state index contributed by atoms with van der Waals surface area (Å²) < 4.78 is 31.2. The van der Waals surface area contributed by atoms with Gasteiger partial charge in [-0.25, -0.2) is 8.42 Å². The summed E-state index contributed by atoms with van der Waals surface area (Å²) in [5.74, 6) is -0.138. The maximum Gasteiger partial charge on any atom is 0.220 e. The number of fused-ring (bicyclic) bond motifs is 1. The smallest absolute Gasteiger partial charge is 0.220 e. The van der Waals surface area contributed by atoms with Gasteiger partial charge in [0, 0.05) is 38.3 Å². The van der Waals surface area contributed by atoms with Gasteiger partial charge in [-0.1, -0.05) is 29.4 Å². The zero-order valence-corrected chi connectivity index (χ0v) is 14.6. The Kier molecular flexibility index (Phi) is 4.36. The Morgan fingerprint density at radius 2 is 1.92 bits per heavy atom. The highest BCUT2D eigenvalue weighted by molar-refractivity contribution is 7.88. The third-order valence-electron chi connectivity index (χ3n) is 5.12. The summed E-state index contributed by atoms with van der Waals surface area (Å²) in [7, 11) is -3.40. The SMILES string of the molecule is O=S(=O)(Cc1ccon1)N1CCN(C2Cc3ccccc3[C@@H]2O)CC1. The van der Waals surface area contributed by atoms with Crippen LogP contribution < -0.4 is 0 Å². The van der Waals surface area contributed by atoms with Crippen molar-refractivity contribution in [3.8, 4) is 0 Å². The quantitative estimate of drug-likeness (QED) is 0.864. The van der Waals surface area contributed by atoms with Crippen molar-refractivity contribution >= 4 is 10.0 Å². The number of hydrogen-bond acceptors (Lipinski definition) is 6. The topological polar surface area (TPSA) is 86.9 Å². The van der Waals surface area contributed by atoms with Crippen molar-refractivity contribution in [1.82, 2.24) is 14.4 Å². The second-order valence-electron chi connectivity index (χ2n) is 6.60. The Balaban J connectivity index is 1.39. The summed E-state index contributed by atoms with van der Waals surface area (Å²) in [6.45, 7) is 2.10. The Morgan fingerprint density at radius 1 is 1.16 bits per heavy atom. The van der Waals surface area contributed by atoms with E-state index in [0.29, 0.717) is 31.9 Å². The van der Waals surface area contributed by atoms with Gasteiger partial charge in [0.05, 0.1) is 11.8 Å². The molecule has 1 aromatic heterocycles. The molecule has 2 heterocycles. The Bertz CT molecular complexity index is 829. The van der Waals surface area contributed by atoms with Gasteiger partial charge < -0.3 is 9.63 Å². The van der Waals surface area contributed by atoms with E-state index < -0.39 is 16.1 Å². The molecular formula is C17H21N3O4S. The standard InChI is InChI=1S/C17H21N3O4S/c21-17-15-4-2-1-3-13(15)11-16(17)19-6-8-20(9-7-19)25(22,23)12-14-5-10-24-18-14/h1-5,10,16-17,21H,6-9,11-12H2/t16?,17-/m0/s1. The van der Waals surface area contributed by atoms with Crippen molar-refractivity contribution < 1.29 is 18.0 Å². The summed E-state index contributed by atoms with van der Waals surface area (Å²) in [5.41, 5.74) is 2.60. The number of aliphatic hydroxyl groups excluding tert-OH is 1. The van der Waals surface area contributed by atoms with Crippen LogP contribution in [0, 0.1) is 0 Å². The van der Waals surface area contributed by atoms with Crippen LogP contribution in [0.4, 0.5) is 0 Å². The highest BCUT2D eigenvalue weighted by Crippen LogP contribution is 2.34. The van der Waals surface area contributed by atoms with E-state index in [2.05, 4.69) is 16.1 Å². The van der Waals surface area contributed by atoms with E-state index in [9.17, 15) is 13.5 Å². The number of aliphatic hydroxyl groups is 1. The zero-order valence-electron chi connectivity index (χ0n) is 13.8. The predicted octanol–water partition coefficient (Wildman–Crippen LogP) is 0.780. The van der Waals surface area contributed by atoms with Crippen LogP contribution in [0.15, 0.2) is 41.1 Å². The van der Waals surface area contributed by atoms with E-state index in [-0.39, 0.29) is 11.8 Å². The molecule has 0 amide bonds. The van der Waals surface area contributed by atoms with E-state index in [4.69, 9.17) is 4.52 Å². The average Bonchev–Trinajstić information content (AvgIpc) is 3.23. The number of piperazine rings is 1. The molecule has 8 heteroatoms. The van der Waals surface area contributed by atoms with Gasteiger partial charge in [0.15, 0.2) is 0 Å². The minimum Gasteiger partial charge on any atom is -0.387 e. The molecule has 1 aliphatic heterocycles. The van der Waals surface area contributed by atoms with Gasteiger partial charge in [-0.2, -0.15) is 4.31 Å². The number of aromatic nitrogens is 1. The Morgan fingerprint density at radius 3 is 2.60 bits per heavy atom. The minimum absolute atomic E-state index is 0.0257. The number of nitrogens with zero attached hydrogens (tertiary/aromatic N) is 3. The van der Waals surface area contributed by atoms with Crippen LogP contribution in [-0.4, -0.2) is 60.1 Å². The van der Waals surface area contributed by atoms with Crippen LogP contribution in [0.5, 0.6) is 0 Å². The summed E-state index contributed by atoms with van der Waals surface area (Å²) in [6, 6.07) is 9.55. The van der Waals surface area contributed by atoms with Gasteiger partial charge in [0.2, 0.25) is 10.0 Å². The fraction of sp³-hybridized carbons (Fsp3) is 0.471. The number of hydrogen-bond donors (Lipinski definition) is 1. The molecule has 2 atom stereocenters. The molecule has 134 valence electrons. The molecule has 4 rings (SSSR count). The van der Waals surface area contributed by atoms with Crippen molar-refractivity contribution in [2.45, 2.75) is 24.3 Å². The highest BCUT2D eigenvalue weighted by Gasteiger charge is 2.37. The van der Waals surface area contributed by atoms with Gasteiger partial charge in [0.1, 0.15) is 12.0 Å². The first kappa shape index (κ1) is 16.7. The van der Waals surface area contributed by atoms with Gasteiger partial charge >= 0.3 is 0 Å². The largest absolute Gasteiger partial charge is 0.387 e. The number of benzene rings is 1. The third kappa shape index (κ3) is 3.22. The molecule has 2 aromatic rings. The van der Waals surface area contributed by atoms with Gasteiger partial charge in [-0.15, -0.1) is 0 Å². The van der Waals surface area contributed by atoms with Crippen molar-refractivity contribution in [1.29, 1.82) is 0 Å². The first-order chi connectivity index (χ1) is 12.0. The molecule has 25 heavy (non-hydrogen) atoms. The molecule has 1 saturated heterocycles. The predicted molar refractivity (Wildman–Crippen MR) is 91.2 cm³/mol. The minimum atomic E-state index is -3.40. The normalized spacial score (nSPS) is 25.2. The molecule has 0 bridgehead atoms. The lowest BCUT2D eigenvalue weighted by Gasteiger charge is -2.38. The van der Waals surface area contributed by atoms with Crippen molar-refractivity contribution in [2.24, 2.45) is 0 Å². The second kappa shape index (κ2) is 6.53. The number of rotatable bonds is 4. The molecule has 0 spiro atoms. The molecule has 0 radical (unpaired) electrons. The average molecular weight is 363 g/mol. The van der Waals surface area contributed by atoms with E-state index in [1.54, 1.807) is 6.07 Å². The molecule has 0 saturated carbocycles. The van der Waals surface area contributed by atoms with Gasteiger partial charge in [0.25, 0.3) is 0 Å². The molecule has 1 N–H and O–H groups in total. The molecule has 7 nitrogen and oxygen atoms in total. The van der Waals surface area contributed by atoms with E-state index in [1.807, 2.05) is 18.2 Å². The van der Waals surface area contributed by atoms with E-state index >= 15 is 0 Å². The summed E-state index contributed by atoms with van der Waals surface area (Å²) in [6.07, 6.45) is 1.68. The fourth-order valence-corrected chi connectivity index (χ4v) is 5.21. The van der Waals surface area contributed by atoms with Crippen LogP contribution in [0.1, 0.15) is 22.9 Å². The Labute approximate surface area is 146 Å². The highest BCUT2D eigenvalue weighted by atomic mass is 32.2. The molecule has 1 aliphatic carbocycles. The molecule has 1 fully saturated rings. The van der Waals surface area contributed by atoms with Gasteiger partial charge in [-0.05, 0) is 17.5 Å². The number of sulfonamides is 1. The van der Waals surface area contributed by atoms with Gasteiger partial charge in [-0.3, -0.25) is 4.90 Å². The lowest BCUT2D eigenvalue weighted by atomic mass is 10.1. The van der Waals surface area contributed by atoms with Crippen molar-refractivity contribution in [3.63, 3.8) is 0 Å². The second-order valence-corrected chi connectivity index (χ2v) is 8.57. The zero-order chi connectivity index (χ0) is 17.4. The van der Waals surface area contributed by atoms with Crippen LogP contribution >= 0.6 is 0 Å². The monoisotopic (exact) mass is 363 g/mol. The molecule has 2 aliphatic rings. The lowest BCUT2D eigenvalue weighted by molar-refractivity contribution is 0.0420. The molecule has 1 unspecified atom stereocenters. The summed E-state index contributed by atoms with van der Waals surface area (Å²) in [4.78, 5) is 2.20.